The molecule has 1 aromatic rings. The van der Waals surface area contributed by atoms with E-state index >= 15 is 0 Å². The summed E-state index contributed by atoms with van der Waals surface area (Å²) >= 11 is 0. The molecule has 1 heterocycles. The van der Waals surface area contributed by atoms with Gasteiger partial charge in [0.2, 0.25) is 0 Å². The second-order valence-electron chi connectivity index (χ2n) is 5.90. The lowest BCUT2D eigenvalue weighted by Gasteiger charge is -2.26. The molecule has 1 aliphatic heterocycles. The molecule has 0 aliphatic carbocycles. The first-order chi connectivity index (χ1) is 9.49. The molecule has 5 heteroatoms. The summed E-state index contributed by atoms with van der Waals surface area (Å²) in [6, 6.07) is 4.59. The van der Waals surface area contributed by atoms with E-state index in [0.29, 0.717) is 5.41 Å². The zero-order valence-corrected chi connectivity index (χ0v) is 12.3. The minimum Gasteiger partial charge on any atom is -0.423 e. The molecular weight excluding hydrogens is 256 g/mol. The van der Waals surface area contributed by atoms with Gasteiger partial charge in [0.15, 0.2) is 0 Å². The van der Waals surface area contributed by atoms with Crippen LogP contribution in [0.5, 0.6) is 0 Å². The van der Waals surface area contributed by atoms with Crippen LogP contribution in [0.3, 0.4) is 0 Å². The second-order valence-corrected chi connectivity index (χ2v) is 5.90. The van der Waals surface area contributed by atoms with E-state index in [1.165, 1.54) is 25.3 Å². The monoisotopic (exact) mass is 279 g/mol. The molecule has 0 bridgehead atoms. The van der Waals surface area contributed by atoms with Crippen molar-refractivity contribution in [2.24, 2.45) is 5.41 Å². The van der Waals surface area contributed by atoms with E-state index in [1.54, 1.807) is 12.1 Å². The van der Waals surface area contributed by atoms with E-state index in [0.717, 1.165) is 25.2 Å². The standard InChI is InChI=1S/C15H23BFNO2/c1-3-15(4-2)7-8-18(11-15)10-12-5-6-14(17)13(9-12)16(19)20/h5-6,9,19-20H,3-4,7-8,10-11H2,1-2H3. The average molecular weight is 279 g/mol. The van der Waals surface area contributed by atoms with E-state index in [4.69, 9.17) is 10.0 Å². The summed E-state index contributed by atoms with van der Waals surface area (Å²) < 4.78 is 13.4. The first-order valence-electron chi connectivity index (χ1n) is 7.36. The molecule has 110 valence electrons. The van der Waals surface area contributed by atoms with Crippen molar-refractivity contribution >= 4 is 12.6 Å². The molecule has 0 spiro atoms. The molecule has 0 atom stereocenters. The number of rotatable bonds is 5. The number of benzene rings is 1. The minimum absolute atomic E-state index is 0.0426. The third-order valence-electron chi connectivity index (χ3n) is 4.76. The van der Waals surface area contributed by atoms with Gasteiger partial charge in [0.1, 0.15) is 5.82 Å². The summed E-state index contributed by atoms with van der Waals surface area (Å²) in [5.41, 5.74) is 1.30. The maximum atomic E-state index is 13.4. The van der Waals surface area contributed by atoms with Crippen molar-refractivity contribution in [3.63, 3.8) is 0 Å². The summed E-state index contributed by atoms with van der Waals surface area (Å²) in [5, 5.41) is 18.3. The van der Waals surface area contributed by atoms with Gasteiger partial charge in [0.25, 0.3) is 0 Å². The normalized spacial score (nSPS) is 18.4. The van der Waals surface area contributed by atoms with E-state index in [9.17, 15) is 4.39 Å². The van der Waals surface area contributed by atoms with E-state index in [-0.39, 0.29) is 5.46 Å². The lowest BCUT2D eigenvalue weighted by Crippen LogP contribution is -2.33. The van der Waals surface area contributed by atoms with E-state index < -0.39 is 12.9 Å². The van der Waals surface area contributed by atoms with Crippen LogP contribution in [0.2, 0.25) is 0 Å². The van der Waals surface area contributed by atoms with Crippen molar-refractivity contribution in [3.8, 4) is 0 Å². The van der Waals surface area contributed by atoms with Crippen LogP contribution in [-0.4, -0.2) is 35.2 Å². The highest BCUT2D eigenvalue weighted by molar-refractivity contribution is 6.58. The van der Waals surface area contributed by atoms with Gasteiger partial charge in [-0.05, 0) is 42.9 Å². The molecular formula is C15H23BFNO2. The molecule has 0 unspecified atom stereocenters. The maximum absolute atomic E-state index is 13.4. The van der Waals surface area contributed by atoms with Gasteiger partial charge in [-0.15, -0.1) is 0 Å². The Hall–Kier alpha value is -0.905. The van der Waals surface area contributed by atoms with Gasteiger partial charge in [0.05, 0.1) is 0 Å². The molecule has 20 heavy (non-hydrogen) atoms. The van der Waals surface area contributed by atoms with Crippen LogP contribution in [0.25, 0.3) is 0 Å². The van der Waals surface area contributed by atoms with Crippen LogP contribution in [0, 0.1) is 11.2 Å². The van der Waals surface area contributed by atoms with Crippen molar-refractivity contribution in [1.82, 2.24) is 4.90 Å². The van der Waals surface area contributed by atoms with Crippen LogP contribution < -0.4 is 5.46 Å². The van der Waals surface area contributed by atoms with E-state index in [1.807, 2.05) is 0 Å². The van der Waals surface area contributed by atoms with Gasteiger partial charge in [-0.1, -0.05) is 26.0 Å². The fraction of sp³-hybridized carbons (Fsp3) is 0.600. The van der Waals surface area contributed by atoms with Crippen LogP contribution in [0.15, 0.2) is 18.2 Å². The molecule has 1 aliphatic rings. The number of hydrogen-bond acceptors (Lipinski definition) is 3. The topological polar surface area (TPSA) is 43.7 Å². The third kappa shape index (κ3) is 3.22. The Labute approximate surface area is 120 Å². The lowest BCUT2D eigenvalue weighted by atomic mass is 9.79. The number of likely N-dealkylation sites (tertiary alicyclic amines) is 1. The average Bonchev–Trinajstić information content (AvgIpc) is 2.85. The summed E-state index contributed by atoms with van der Waals surface area (Å²) in [6.45, 7) is 7.34. The van der Waals surface area contributed by atoms with Crippen molar-refractivity contribution < 1.29 is 14.4 Å². The first-order valence-corrected chi connectivity index (χ1v) is 7.36. The summed E-state index contributed by atoms with van der Waals surface area (Å²) in [6.07, 6.45) is 3.57. The summed E-state index contributed by atoms with van der Waals surface area (Å²) in [4.78, 5) is 2.37. The van der Waals surface area contributed by atoms with Crippen LogP contribution >= 0.6 is 0 Å². The van der Waals surface area contributed by atoms with Gasteiger partial charge in [-0.25, -0.2) is 4.39 Å². The first kappa shape index (κ1) is 15.5. The van der Waals surface area contributed by atoms with Crippen LogP contribution in [0.1, 0.15) is 38.7 Å². The molecule has 1 saturated heterocycles. The quantitative estimate of drug-likeness (QED) is 0.803. The predicted molar refractivity (Wildman–Crippen MR) is 79.1 cm³/mol. The Morgan fingerprint density at radius 3 is 2.55 bits per heavy atom. The highest BCUT2D eigenvalue weighted by Gasteiger charge is 2.34. The van der Waals surface area contributed by atoms with Gasteiger partial charge >= 0.3 is 7.12 Å². The SMILES string of the molecule is CCC1(CC)CCN(Cc2ccc(F)c(B(O)O)c2)C1. The number of hydrogen-bond donors (Lipinski definition) is 2. The molecule has 0 saturated carbocycles. The summed E-state index contributed by atoms with van der Waals surface area (Å²) in [7, 11) is -1.75. The highest BCUT2D eigenvalue weighted by Crippen LogP contribution is 2.37. The smallest absolute Gasteiger partial charge is 0.423 e. The Morgan fingerprint density at radius 2 is 2.00 bits per heavy atom. The molecule has 1 aromatic carbocycles. The molecule has 1 fully saturated rings. The van der Waals surface area contributed by atoms with Crippen molar-refractivity contribution in [2.45, 2.75) is 39.7 Å². The molecule has 0 aromatic heterocycles. The molecule has 3 nitrogen and oxygen atoms in total. The molecule has 2 N–H and O–H groups in total. The summed E-state index contributed by atoms with van der Waals surface area (Å²) in [5.74, 6) is -0.568. The van der Waals surface area contributed by atoms with Crippen LogP contribution in [-0.2, 0) is 6.54 Å². The highest BCUT2D eigenvalue weighted by atomic mass is 19.1. The van der Waals surface area contributed by atoms with E-state index in [2.05, 4.69) is 18.7 Å². The van der Waals surface area contributed by atoms with Gasteiger partial charge in [0, 0.05) is 18.6 Å². The van der Waals surface area contributed by atoms with Gasteiger partial charge in [-0.2, -0.15) is 0 Å². The molecule has 0 amide bonds. The Balaban J connectivity index is 2.06. The zero-order chi connectivity index (χ0) is 14.8. The molecule has 2 rings (SSSR count). The van der Waals surface area contributed by atoms with Crippen molar-refractivity contribution in [2.75, 3.05) is 13.1 Å². The maximum Gasteiger partial charge on any atom is 0.491 e. The minimum atomic E-state index is -1.75. The third-order valence-corrected chi connectivity index (χ3v) is 4.76. The number of halogens is 1. The second kappa shape index (κ2) is 6.25. The fourth-order valence-electron chi connectivity index (χ4n) is 3.14. The largest absolute Gasteiger partial charge is 0.491 e. The molecule has 0 radical (unpaired) electrons. The zero-order valence-electron chi connectivity index (χ0n) is 12.3. The van der Waals surface area contributed by atoms with Crippen molar-refractivity contribution in [1.29, 1.82) is 0 Å². The van der Waals surface area contributed by atoms with Gasteiger partial charge in [-0.3, -0.25) is 4.90 Å². The Kier molecular flexibility index (Phi) is 4.84. The lowest BCUT2D eigenvalue weighted by molar-refractivity contribution is 0.236. The van der Waals surface area contributed by atoms with Crippen LogP contribution in [0.4, 0.5) is 4.39 Å². The Morgan fingerprint density at radius 1 is 1.30 bits per heavy atom. The number of nitrogens with zero attached hydrogens (tertiary/aromatic N) is 1. The van der Waals surface area contributed by atoms with Crippen molar-refractivity contribution in [3.05, 3.63) is 29.6 Å². The fourth-order valence-corrected chi connectivity index (χ4v) is 3.14. The van der Waals surface area contributed by atoms with Gasteiger partial charge < -0.3 is 10.0 Å². The Bertz CT molecular complexity index is 463. The predicted octanol–water partition coefficient (Wildman–Crippen LogP) is 1.52.